The maximum Gasteiger partial charge on any atom is 0.167 e. The lowest BCUT2D eigenvalue weighted by atomic mass is 9.84. The van der Waals surface area contributed by atoms with Gasteiger partial charge in [-0.2, -0.15) is 0 Å². The molecule has 108 valence electrons. The van der Waals surface area contributed by atoms with Gasteiger partial charge in [0.2, 0.25) is 0 Å². The lowest BCUT2D eigenvalue weighted by molar-refractivity contribution is 0.0893. The summed E-state index contributed by atoms with van der Waals surface area (Å²) in [5, 5.41) is -0.609. The van der Waals surface area contributed by atoms with E-state index in [1.54, 1.807) is 12.4 Å². The summed E-state index contributed by atoms with van der Waals surface area (Å²) in [7, 11) is -2.99. The van der Waals surface area contributed by atoms with E-state index in [0.717, 1.165) is 12.0 Å². The minimum Gasteiger partial charge on any atom is -0.294 e. The SMILES string of the molecule is Cc1ccncc1C(=O)C1CC2CCCC(C1)S2(=O)=O. The van der Waals surface area contributed by atoms with Gasteiger partial charge in [-0.15, -0.1) is 0 Å². The molecule has 0 amide bonds. The number of rotatable bonds is 2. The van der Waals surface area contributed by atoms with Crippen molar-refractivity contribution in [2.24, 2.45) is 5.92 Å². The van der Waals surface area contributed by atoms with Gasteiger partial charge in [-0.1, -0.05) is 6.42 Å². The molecule has 0 aromatic carbocycles. The Morgan fingerprint density at radius 2 is 1.90 bits per heavy atom. The van der Waals surface area contributed by atoms with Crippen molar-refractivity contribution in [3.05, 3.63) is 29.6 Å². The molecule has 2 aliphatic rings. The molecule has 0 aliphatic carbocycles. The fraction of sp³-hybridized carbons (Fsp3) is 0.600. The maximum absolute atomic E-state index is 12.6. The Morgan fingerprint density at radius 3 is 2.50 bits per heavy atom. The van der Waals surface area contributed by atoms with Gasteiger partial charge >= 0.3 is 0 Å². The lowest BCUT2D eigenvalue weighted by Crippen LogP contribution is -2.45. The Labute approximate surface area is 119 Å². The van der Waals surface area contributed by atoms with E-state index in [0.29, 0.717) is 31.2 Å². The minimum absolute atomic E-state index is 0.0717. The maximum atomic E-state index is 12.6. The normalized spacial score (nSPS) is 31.8. The van der Waals surface area contributed by atoms with Crippen molar-refractivity contribution >= 4 is 15.6 Å². The number of aromatic nitrogens is 1. The summed E-state index contributed by atoms with van der Waals surface area (Å²) in [6.07, 6.45) is 6.67. The smallest absolute Gasteiger partial charge is 0.167 e. The van der Waals surface area contributed by atoms with Crippen molar-refractivity contribution in [2.75, 3.05) is 0 Å². The van der Waals surface area contributed by atoms with Gasteiger partial charge < -0.3 is 0 Å². The second kappa shape index (κ2) is 4.95. The van der Waals surface area contributed by atoms with Crippen LogP contribution < -0.4 is 0 Å². The molecule has 0 radical (unpaired) electrons. The molecule has 1 aromatic heterocycles. The summed E-state index contributed by atoms with van der Waals surface area (Å²) >= 11 is 0. The second-order valence-electron chi connectivity index (χ2n) is 5.99. The number of sulfone groups is 1. The zero-order chi connectivity index (χ0) is 14.3. The first-order valence-electron chi connectivity index (χ1n) is 7.17. The van der Waals surface area contributed by atoms with Crippen LogP contribution in [0.2, 0.25) is 0 Å². The zero-order valence-corrected chi connectivity index (χ0v) is 12.4. The van der Waals surface area contributed by atoms with Crippen LogP contribution in [0.3, 0.4) is 0 Å². The first-order chi connectivity index (χ1) is 9.50. The van der Waals surface area contributed by atoms with Crippen molar-refractivity contribution in [3.63, 3.8) is 0 Å². The number of carbonyl (C=O) groups is 1. The monoisotopic (exact) mass is 293 g/mol. The highest BCUT2D eigenvalue weighted by atomic mass is 32.2. The number of hydrogen-bond donors (Lipinski definition) is 0. The minimum atomic E-state index is -2.99. The topological polar surface area (TPSA) is 64.1 Å². The summed E-state index contributed by atoms with van der Waals surface area (Å²) in [5.41, 5.74) is 1.57. The summed E-state index contributed by atoms with van der Waals surface area (Å²) < 4.78 is 24.5. The van der Waals surface area contributed by atoms with Gasteiger partial charge in [-0.25, -0.2) is 8.42 Å². The van der Waals surface area contributed by atoms with Gasteiger partial charge in [0.15, 0.2) is 15.6 Å². The average molecular weight is 293 g/mol. The summed E-state index contributed by atoms with van der Waals surface area (Å²) in [4.78, 5) is 16.7. The predicted octanol–water partition coefficient (Wildman–Crippen LogP) is 2.32. The van der Waals surface area contributed by atoms with Crippen molar-refractivity contribution < 1.29 is 13.2 Å². The van der Waals surface area contributed by atoms with E-state index in [9.17, 15) is 13.2 Å². The molecule has 0 N–H and O–H groups in total. The van der Waals surface area contributed by atoms with Crippen LogP contribution in [-0.4, -0.2) is 29.7 Å². The van der Waals surface area contributed by atoms with Crippen LogP contribution in [0.5, 0.6) is 0 Å². The van der Waals surface area contributed by atoms with Crippen LogP contribution in [0.4, 0.5) is 0 Å². The molecule has 5 heteroatoms. The van der Waals surface area contributed by atoms with Gasteiger partial charge in [0.05, 0.1) is 10.5 Å². The molecule has 4 nitrogen and oxygen atoms in total. The summed E-state index contributed by atoms with van der Waals surface area (Å²) in [6.45, 7) is 1.90. The predicted molar refractivity (Wildman–Crippen MR) is 76.4 cm³/mol. The Balaban J connectivity index is 1.87. The van der Waals surface area contributed by atoms with Gasteiger partial charge in [0.1, 0.15) is 0 Å². The Hall–Kier alpha value is -1.23. The van der Waals surface area contributed by atoms with Crippen molar-refractivity contribution in [3.8, 4) is 0 Å². The van der Waals surface area contributed by atoms with Crippen molar-refractivity contribution in [2.45, 2.75) is 49.5 Å². The fourth-order valence-corrected chi connectivity index (χ4v) is 6.10. The standard InChI is InChI=1S/C15H19NO3S/c1-10-5-6-16-9-14(10)15(17)11-7-12-3-2-4-13(8-11)20(12,18)19/h5-6,9,11-13H,2-4,7-8H2,1H3. The van der Waals surface area contributed by atoms with E-state index in [-0.39, 0.29) is 22.2 Å². The first-order valence-corrected chi connectivity index (χ1v) is 8.78. The van der Waals surface area contributed by atoms with E-state index >= 15 is 0 Å². The average Bonchev–Trinajstić information content (AvgIpc) is 2.37. The van der Waals surface area contributed by atoms with Crippen molar-refractivity contribution in [1.29, 1.82) is 0 Å². The number of Topliss-reactive ketones (excluding diaryl/α,β-unsaturated/α-hetero) is 1. The van der Waals surface area contributed by atoms with Crippen LogP contribution in [-0.2, 0) is 9.84 Å². The molecule has 2 unspecified atom stereocenters. The van der Waals surface area contributed by atoms with E-state index in [1.165, 1.54) is 0 Å². The molecule has 2 atom stereocenters. The lowest BCUT2D eigenvalue weighted by Gasteiger charge is -2.38. The number of carbonyl (C=O) groups excluding carboxylic acids is 1. The zero-order valence-electron chi connectivity index (χ0n) is 11.6. The molecular weight excluding hydrogens is 274 g/mol. The molecule has 1 aromatic rings. The highest BCUT2D eigenvalue weighted by Crippen LogP contribution is 2.40. The van der Waals surface area contributed by atoms with E-state index in [2.05, 4.69) is 4.98 Å². The molecular formula is C15H19NO3S. The molecule has 2 saturated heterocycles. The highest BCUT2D eigenvalue weighted by Gasteiger charge is 2.46. The summed E-state index contributed by atoms with van der Waals surface area (Å²) in [5.74, 6) is -0.0841. The van der Waals surface area contributed by atoms with Gasteiger partial charge in [0, 0.05) is 23.9 Å². The molecule has 2 bridgehead atoms. The third kappa shape index (κ3) is 2.18. The van der Waals surface area contributed by atoms with Crippen LogP contribution in [0.15, 0.2) is 18.5 Å². The second-order valence-corrected chi connectivity index (χ2v) is 8.50. The van der Waals surface area contributed by atoms with E-state index in [1.807, 2.05) is 13.0 Å². The largest absolute Gasteiger partial charge is 0.294 e. The van der Waals surface area contributed by atoms with Crippen molar-refractivity contribution in [1.82, 2.24) is 4.98 Å². The molecule has 0 spiro atoms. The molecule has 0 saturated carbocycles. The Kier molecular flexibility index (Phi) is 3.40. The fourth-order valence-electron chi connectivity index (χ4n) is 3.56. The third-order valence-electron chi connectivity index (χ3n) is 4.75. The molecule has 20 heavy (non-hydrogen) atoms. The Bertz CT molecular complexity index is 618. The molecule has 2 fully saturated rings. The van der Waals surface area contributed by atoms with Crippen LogP contribution in [0.25, 0.3) is 0 Å². The highest BCUT2D eigenvalue weighted by molar-refractivity contribution is 7.92. The first kappa shape index (κ1) is 13.7. The van der Waals surface area contributed by atoms with Crippen LogP contribution >= 0.6 is 0 Å². The quantitative estimate of drug-likeness (QED) is 0.785. The molecule has 3 rings (SSSR count). The summed E-state index contributed by atoms with van der Waals surface area (Å²) in [6, 6.07) is 1.83. The Morgan fingerprint density at radius 1 is 1.25 bits per heavy atom. The number of aryl methyl sites for hydroxylation is 1. The number of nitrogens with zero attached hydrogens (tertiary/aromatic N) is 1. The van der Waals surface area contributed by atoms with E-state index < -0.39 is 9.84 Å². The van der Waals surface area contributed by atoms with Crippen LogP contribution in [0, 0.1) is 12.8 Å². The number of fused-ring (bicyclic) bond motifs is 2. The van der Waals surface area contributed by atoms with Gasteiger partial charge in [0.25, 0.3) is 0 Å². The third-order valence-corrected chi connectivity index (χ3v) is 7.47. The number of hydrogen-bond acceptors (Lipinski definition) is 4. The molecule has 3 heterocycles. The number of ketones is 1. The van der Waals surface area contributed by atoms with E-state index in [4.69, 9.17) is 0 Å². The molecule has 2 aliphatic heterocycles. The van der Waals surface area contributed by atoms with Gasteiger partial charge in [-0.3, -0.25) is 9.78 Å². The van der Waals surface area contributed by atoms with Gasteiger partial charge in [-0.05, 0) is 44.2 Å². The number of pyridine rings is 1. The van der Waals surface area contributed by atoms with Crippen LogP contribution in [0.1, 0.15) is 48.0 Å².